The molecular weight excluding hydrogens is 761 g/mol. The minimum atomic E-state index is -1.17. The predicted molar refractivity (Wildman–Crippen MR) is 199 cm³/mol. The second-order valence-electron chi connectivity index (χ2n) is 11.7. The number of rotatable bonds is 6. The fourth-order valence-corrected chi connectivity index (χ4v) is 9.27. The number of hydrogen-bond acceptors (Lipinski definition) is 10. The number of nitrogens with one attached hydrogen (secondary N) is 2. The van der Waals surface area contributed by atoms with Gasteiger partial charge in [-0.05, 0) is 66.2 Å². The Kier molecular flexibility index (Phi) is 10.7. The normalized spacial score (nSPS) is 17.7. The smallest absolute Gasteiger partial charge is 0.227 e. The topological polar surface area (TPSA) is 116 Å². The first kappa shape index (κ1) is 35.5. The van der Waals surface area contributed by atoms with Crippen molar-refractivity contribution in [3.05, 3.63) is 105 Å². The molecule has 0 spiro atoms. The molecule has 5 aromatic rings. The van der Waals surface area contributed by atoms with Crippen molar-refractivity contribution < 1.29 is 17.2 Å². The van der Waals surface area contributed by atoms with Crippen molar-refractivity contribution in [3.63, 3.8) is 0 Å². The molecule has 17 heteroatoms. The van der Waals surface area contributed by atoms with Crippen LogP contribution in [0.1, 0.15) is 11.4 Å². The summed E-state index contributed by atoms with van der Waals surface area (Å²) in [5.74, 6) is 1.79. The Bertz CT molecular complexity index is 2150. The van der Waals surface area contributed by atoms with Gasteiger partial charge >= 0.3 is 0 Å². The Morgan fingerprint density at radius 3 is 1.69 bits per heavy atom. The molecule has 3 aromatic carbocycles. The first-order valence-corrected chi connectivity index (χ1v) is 19.6. The quantitative estimate of drug-likeness (QED) is 0.170. The van der Waals surface area contributed by atoms with Gasteiger partial charge in [-0.2, -0.15) is 9.97 Å². The van der Waals surface area contributed by atoms with Gasteiger partial charge in [0.05, 0.1) is 33.0 Å². The van der Waals surface area contributed by atoms with Crippen LogP contribution in [0.3, 0.4) is 0 Å². The van der Waals surface area contributed by atoms with E-state index in [1.165, 1.54) is 24.3 Å². The van der Waals surface area contributed by atoms with Gasteiger partial charge < -0.3 is 20.4 Å². The van der Waals surface area contributed by atoms with Crippen molar-refractivity contribution in [2.45, 2.75) is 22.6 Å². The Labute approximate surface area is 312 Å². The number of benzene rings is 3. The maximum absolute atomic E-state index is 13.7. The number of hydrogen-bond donors (Lipinski definition) is 2. The van der Waals surface area contributed by atoms with Crippen molar-refractivity contribution >= 4 is 91.0 Å². The van der Waals surface area contributed by atoms with E-state index >= 15 is 0 Å². The van der Waals surface area contributed by atoms with Gasteiger partial charge in [-0.25, -0.2) is 18.7 Å². The molecule has 0 aliphatic carbocycles. The van der Waals surface area contributed by atoms with E-state index in [0.717, 1.165) is 24.5 Å². The van der Waals surface area contributed by atoms with Gasteiger partial charge in [-0.1, -0.05) is 35.3 Å². The lowest BCUT2D eigenvalue weighted by atomic mass is 10.2. The number of aryl methyl sites for hydroxylation is 2. The predicted octanol–water partition coefficient (Wildman–Crippen LogP) is 7.33. The van der Waals surface area contributed by atoms with Gasteiger partial charge in [-0.3, -0.25) is 8.42 Å². The van der Waals surface area contributed by atoms with Crippen LogP contribution in [0.15, 0.2) is 76.5 Å². The van der Waals surface area contributed by atoms with E-state index in [9.17, 15) is 17.2 Å². The molecule has 0 amide bonds. The number of halogens is 5. The number of fused-ring (bicyclic) bond motifs is 2. The Morgan fingerprint density at radius 1 is 0.627 bits per heavy atom. The van der Waals surface area contributed by atoms with Gasteiger partial charge in [-0.15, -0.1) is 0 Å². The van der Waals surface area contributed by atoms with Gasteiger partial charge in [0, 0.05) is 77.6 Å². The van der Waals surface area contributed by atoms with Crippen LogP contribution in [0, 0.1) is 11.6 Å². The number of anilines is 6. The number of aromatic nitrogens is 4. The molecule has 0 radical (unpaired) electrons. The molecule has 3 aliphatic rings. The van der Waals surface area contributed by atoms with Gasteiger partial charge in [0.1, 0.15) is 21.4 Å². The lowest BCUT2D eigenvalue weighted by Gasteiger charge is -2.36. The van der Waals surface area contributed by atoms with E-state index in [0.29, 0.717) is 91.9 Å². The molecular formula is C34H29Cl3F2N8O2S2. The fraction of sp³-hybridized carbons (Fsp3) is 0.235. The van der Waals surface area contributed by atoms with Crippen molar-refractivity contribution in [2.75, 3.05) is 58.1 Å². The van der Waals surface area contributed by atoms with Crippen LogP contribution in [0.5, 0.6) is 0 Å². The molecule has 1 fully saturated rings. The summed E-state index contributed by atoms with van der Waals surface area (Å²) in [4.78, 5) is 23.1. The highest BCUT2D eigenvalue weighted by Gasteiger charge is 2.29. The van der Waals surface area contributed by atoms with Crippen molar-refractivity contribution in [2.24, 2.45) is 0 Å². The Morgan fingerprint density at radius 2 is 1.14 bits per heavy atom. The van der Waals surface area contributed by atoms with Gasteiger partial charge in [0.15, 0.2) is 11.6 Å². The van der Waals surface area contributed by atoms with E-state index in [2.05, 4.69) is 30.4 Å². The first-order valence-electron chi connectivity index (χ1n) is 15.8. The van der Waals surface area contributed by atoms with Gasteiger partial charge in [0.25, 0.3) is 0 Å². The highest BCUT2D eigenvalue weighted by atomic mass is 35.5. The number of nitrogens with zero attached hydrogens (tertiary/aromatic N) is 6. The molecule has 1 saturated heterocycles. The SMILES string of the molecule is O=S1CCc2nc(Cl)nc(Nc3cccc(F)c3)c21.O=S1CCc2nc(N3CCN(c4cc(Cl)cc(Cl)c4)CC3)nc(Nc3cccc(F)c3)c21. The van der Waals surface area contributed by atoms with Crippen LogP contribution < -0.4 is 20.4 Å². The highest BCUT2D eigenvalue weighted by molar-refractivity contribution is 7.85. The average molecular weight is 790 g/mol. The van der Waals surface area contributed by atoms with E-state index in [4.69, 9.17) is 44.8 Å². The molecule has 2 atom stereocenters. The zero-order chi connectivity index (χ0) is 35.6. The third kappa shape index (κ3) is 8.25. The van der Waals surface area contributed by atoms with Crippen LogP contribution in [-0.2, 0) is 34.4 Å². The summed E-state index contributed by atoms with van der Waals surface area (Å²) in [5, 5.41) is 7.41. The molecule has 264 valence electrons. The monoisotopic (exact) mass is 788 g/mol. The molecule has 0 bridgehead atoms. The van der Waals surface area contributed by atoms with Crippen LogP contribution in [0.4, 0.5) is 43.4 Å². The summed E-state index contributed by atoms with van der Waals surface area (Å²) in [6.45, 7) is 2.95. The largest absolute Gasteiger partial charge is 0.368 e. The minimum Gasteiger partial charge on any atom is -0.368 e. The van der Waals surface area contributed by atoms with E-state index < -0.39 is 21.6 Å². The zero-order valence-corrected chi connectivity index (χ0v) is 30.6. The standard InChI is InChI=1S/C22H20Cl2FN5OS.C12H9ClFN3OS/c23-14-10-15(24)12-18(11-14)29-5-7-30(8-6-29)22-27-19-4-9-32(31)20(19)21(28-22)26-17-3-1-2-16(25)13-17;13-12-16-9-4-5-19(18)10(9)11(17-12)15-8-3-1-2-7(14)6-8/h1-3,10-13H,4-9H2,(H,26,27,28);1-3,6H,4-5H2,(H,15,16,17). The summed E-state index contributed by atoms with van der Waals surface area (Å²) < 4.78 is 51.3. The van der Waals surface area contributed by atoms with Crippen LogP contribution in [-0.4, -0.2) is 66.0 Å². The van der Waals surface area contributed by atoms with Crippen molar-refractivity contribution in [1.29, 1.82) is 0 Å². The second-order valence-corrected chi connectivity index (χ2v) is 16.0. The van der Waals surface area contributed by atoms with Crippen LogP contribution in [0.25, 0.3) is 0 Å². The molecule has 0 saturated carbocycles. The lowest BCUT2D eigenvalue weighted by molar-refractivity contribution is 0.628. The zero-order valence-electron chi connectivity index (χ0n) is 26.7. The van der Waals surface area contributed by atoms with Crippen molar-refractivity contribution in [1.82, 2.24) is 19.9 Å². The first-order chi connectivity index (χ1) is 24.6. The van der Waals surface area contributed by atoms with Crippen LogP contribution >= 0.6 is 34.8 Å². The lowest BCUT2D eigenvalue weighted by Crippen LogP contribution is -2.47. The Balaban J connectivity index is 0.000000182. The molecule has 51 heavy (non-hydrogen) atoms. The van der Waals surface area contributed by atoms with Crippen LogP contribution in [0.2, 0.25) is 15.3 Å². The molecule has 2 aromatic heterocycles. The summed E-state index contributed by atoms with van der Waals surface area (Å²) in [7, 11) is -2.31. The third-order valence-corrected chi connectivity index (χ3v) is 11.8. The molecule has 10 nitrogen and oxygen atoms in total. The maximum atomic E-state index is 13.7. The third-order valence-electron chi connectivity index (χ3n) is 8.29. The van der Waals surface area contributed by atoms with E-state index in [1.54, 1.807) is 30.3 Å². The highest BCUT2D eigenvalue weighted by Crippen LogP contribution is 2.34. The van der Waals surface area contributed by atoms with E-state index in [-0.39, 0.29) is 16.9 Å². The molecule has 2 unspecified atom stereocenters. The summed E-state index contributed by atoms with van der Waals surface area (Å²) in [5.41, 5.74) is 3.55. The average Bonchev–Trinajstić information content (AvgIpc) is 3.66. The molecule has 3 aliphatic heterocycles. The number of piperazine rings is 1. The molecule has 5 heterocycles. The molecule has 8 rings (SSSR count). The van der Waals surface area contributed by atoms with E-state index in [1.807, 2.05) is 12.1 Å². The minimum absolute atomic E-state index is 0.0940. The Hall–Kier alpha value is -3.95. The van der Waals surface area contributed by atoms with Crippen molar-refractivity contribution in [3.8, 4) is 0 Å². The molecule has 2 N–H and O–H groups in total. The second kappa shape index (κ2) is 15.3. The summed E-state index contributed by atoms with van der Waals surface area (Å²) in [6, 6.07) is 17.6. The fourth-order valence-electron chi connectivity index (χ4n) is 5.95. The summed E-state index contributed by atoms with van der Waals surface area (Å²) in [6.07, 6.45) is 1.25. The maximum Gasteiger partial charge on any atom is 0.227 e. The summed E-state index contributed by atoms with van der Waals surface area (Å²) >= 11 is 18.2. The van der Waals surface area contributed by atoms with Gasteiger partial charge in [0.2, 0.25) is 11.2 Å².